The van der Waals surface area contributed by atoms with Crippen LogP contribution < -0.4 is 0 Å². The van der Waals surface area contributed by atoms with Crippen LogP contribution in [0.5, 0.6) is 0 Å². The van der Waals surface area contributed by atoms with E-state index in [4.69, 9.17) is 4.98 Å². The van der Waals surface area contributed by atoms with Crippen molar-refractivity contribution in [1.82, 2.24) is 14.5 Å². The Morgan fingerprint density at radius 1 is 1.00 bits per heavy atom. The van der Waals surface area contributed by atoms with Gasteiger partial charge in [0.1, 0.15) is 11.6 Å². The Labute approximate surface area is 149 Å². The van der Waals surface area contributed by atoms with E-state index >= 15 is 0 Å². The maximum atomic E-state index is 13.3. The van der Waals surface area contributed by atoms with E-state index in [1.165, 1.54) is 12.1 Å². The van der Waals surface area contributed by atoms with Gasteiger partial charge in [-0.3, -0.25) is 4.98 Å². The molecule has 0 saturated heterocycles. The number of aryl methyl sites for hydroxylation is 1. The highest BCUT2D eigenvalue weighted by Gasteiger charge is 2.20. The van der Waals surface area contributed by atoms with E-state index in [9.17, 15) is 4.39 Å². The molecule has 0 bridgehead atoms. The molecule has 3 nitrogen and oxygen atoms in total. The average molecular weight is 339 g/mol. The number of imidazole rings is 1. The molecule has 2 aromatic heterocycles. The minimum absolute atomic E-state index is 0.239. The van der Waals surface area contributed by atoms with Gasteiger partial charge in [-0.2, -0.15) is 0 Å². The summed E-state index contributed by atoms with van der Waals surface area (Å²) in [6.07, 6.45) is 4.58. The fourth-order valence-corrected chi connectivity index (χ4v) is 2.86. The Balaban J connectivity index is 0.00000109. The molecular weight excluding hydrogens is 313 g/mol. The van der Waals surface area contributed by atoms with Crippen molar-refractivity contribution in [3.8, 4) is 22.5 Å². The van der Waals surface area contributed by atoms with Gasteiger partial charge in [0.15, 0.2) is 0 Å². The van der Waals surface area contributed by atoms with Crippen LogP contribution in [0.25, 0.3) is 22.5 Å². The summed E-state index contributed by atoms with van der Waals surface area (Å²) < 4.78 is 15.5. The lowest BCUT2D eigenvalue weighted by Crippen LogP contribution is -2.07. The van der Waals surface area contributed by atoms with Crippen molar-refractivity contribution in [2.24, 2.45) is 0 Å². The molecule has 0 radical (unpaired) electrons. The molecule has 1 atom stereocenters. The van der Waals surface area contributed by atoms with Crippen LogP contribution in [0.3, 0.4) is 0 Å². The fourth-order valence-electron chi connectivity index (χ4n) is 2.86. The summed E-state index contributed by atoms with van der Waals surface area (Å²) >= 11 is 0. The number of pyridine rings is 1. The second-order valence-corrected chi connectivity index (χ2v) is 5.73. The molecule has 0 N–H and O–H groups in total. The number of hydrogen-bond acceptors (Lipinski definition) is 2. The van der Waals surface area contributed by atoms with E-state index in [1.807, 2.05) is 32.9 Å². The predicted molar refractivity (Wildman–Crippen MR) is 102 cm³/mol. The van der Waals surface area contributed by atoms with E-state index < -0.39 is 0 Å². The summed E-state index contributed by atoms with van der Waals surface area (Å²) in [6.45, 7) is 10.4. The van der Waals surface area contributed by atoms with Crippen LogP contribution in [0.1, 0.15) is 46.0 Å². The number of halogens is 1. The van der Waals surface area contributed by atoms with Crippen molar-refractivity contribution in [3.63, 3.8) is 0 Å². The molecule has 3 rings (SSSR count). The summed E-state index contributed by atoms with van der Waals surface area (Å²) in [5.74, 6) is 0.725. The van der Waals surface area contributed by atoms with Gasteiger partial charge in [-0.15, -0.1) is 0 Å². The molecule has 0 spiro atoms. The summed E-state index contributed by atoms with van der Waals surface area (Å²) in [5, 5.41) is 0. The summed E-state index contributed by atoms with van der Waals surface area (Å²) in [4.78, 5) is 8.88. The molecule has 0 fully saturated rings. The quantitative estimate of drug-likeness (QED) is 0.578. The third-order valence-electron chi connectivity index (χ3n) is 4.19. The topological polar surface area (TPSA) is 30.7 Å². The normalized spacial score (nSPS) is 11.6. The van der Waals surface area contributed by atoms with Gasteiger partial charge in [0, 0.05) is 29.6 Å². The van der Waals surface area contributed by atoms with Crippen LogP contribution in [0, 0.1) is 12.7 Å². The highest BCUT2D eigenvalue weighted by atomic mass is 19.1. The second-order valence-electron chi connectivity index (χ2n) is 5.73. The monoisotopic (exact) mass is 339 g/mol. The van der Waals surface area contributed by atoms with Gasteiger partial charge in [0.2, 0.25) is 0 Å². The van der Waals surface area contributed by atoms with Crippen molar-refractivity contribution >= 4 is 0 Å². The summed E-state index contributed by atoms with van der Waals surface area (Å²) in [5.41, 5.74) is 3.93. The summed E-state index contributed by atoms with van der Waals surface area (Å²) in [6, 6.07) is 10.8. The molecule has 4 heteroatoms. The zero-order valence-corrected chi connectivity index (χ0v) is 15.6. The highest BCUT2D eigenvalue weighted by molar-refractivity contribution is 5.79. The Morgan fingerprint density at radius 3 is 2.16 bits per heavy atom. The maximum Gasteiger partial charge on any atom is 0.123 e. The first-order chi connectivity index (χ1) is 12.1. The standard InChI is InChI=1S/C19H20FN3.C2H6/c1-4-13(2)23-14(3)22-18(15-5-7-17(20)8-6-15)19(23)16-9-11-21-12-10-16;1-2/h5-13H,4H2,1-3H3;1-2H3/t13-;/m0./s1. The Morgan fingerprint density at radius 2 is 1.60 bits per heavy atom. The first-order valence-electron chi connectivity index (χ1n) is 8.87. The molecule has 2 heterocycles. The molecule has 0 unspecified atom stereocenters. The zero-order valence-electron chi connectivity index (χ0n) is 15.6. The van der Waals surface area contributed by atoms with Gasteiger partial charge in [0.05, 0.1) is 11.4 Å². The van der Waals surface area contributed by atoms with Gasteiger partial charge in [0.25, 0.3) is 0 Å². The van der Waals surface area contributed by atoms with E-state index in [-0.39, 0.29) is 5.82 Å². The minimum Gasteiger partial charge on any atom is -0.325 e. The van der Waals surface area contributed by atoms with Gasteiger partial charge >= 0.3 is 0 Å². The van der Waals surface area contributed by atoms with Crippen molar-refractivity contribution in [2.45, 2.75) is 47.1 Å². The predicted octanol–water partition coefficient (Wildman–Crippen LogP) is 6.06. The smallest absolute Gasteiger partial charge is 0.123 e. The minimum atomic E-state index is -0.239. The third kappa shape index (κ3) is 3.95. The van der Waals surface area contributed by atoms with Crippen molar-refractivity contribution in [1.29, 1.82) is 0 Å². The Kier molecular flexibility index (Phi) is 6.45. The van der Waals surface area contributed by atoms with Crippen molar-refractivity contribution in [2.75, 3.05) is 0 Å². The van der Waals surface area contributed by atoms with Crippen LogP contribution >= 0.6 is 0 Å². The van der Waals surface area contributed by atoms with Crippen LogP contribution in [-0.4, -0.2) is 14.5 Å². The molecule has 0 aliphatic heterocycles. The summed E-state index contributed by atoms with van der Waals surface area (Å²) in [7, 11) is 0. The molecule has 0 saturated carbocycles. The van der Waals surface area contributed by atoms with Gasteiger partial charge in [-0.05, 0) is 56.7 Å². The van der Waals surface area contributed by atoms with Gasteiger partial charge in [-0.25, -0.2) is 9.37 Å². The molecule has 0 aliphatic carbocycles. The lowest BCUT2D eigenvalue weighted by molar-refractivity contribution is 0.523. The van der Waals surface area contributed by atoms with Crippen molar-refractivity contribution in [3.05, 3.63) is 60.4 Å². The zero-order chi connectivity index (χ0) is 18.4. The number of benzene rings is 1. The number of rotatable bonds is 4. The lowest BCUT2D eigenvalue weighted by Gasteiger charge is -2.17. The average Bonchev–Trinajstić information content (AvgIpc) is 3.01. The SMILES string of the molecule is CC.CC[C@H](C)n1c(C)nc(-c2ccc(F)cc2)c1-c1ccncc1. The Bertz CT molecular complexity index is 792. The number of hydrogen-bond donors (Lipinski definition) is 0. The van der Waals surface area contributed by atoms with Gasteiger partial charge < -0.3 is 4.57 Å². The molecular formula is C21H26FN3. The lowest BCUT2D eigenvalue weighted by atomic mass is 10.0. The highest BCUT2D eigenvalue weighted by Crippen LogP contribution is 2.35. The van der Waals surface area contributed by atoms with Gasteiger partial charge in [-0.1, -0.05) is 20.8 Å². The van der Waals surface area contributed by atoms with E-state index in [0.717, 1.165) is 34.8 Å². The first kappa shape index (κ1) is 18.8. The molecule has 25 heavy (non-hydrogen) atoms. The second kappa shape index (κ2) is 8.56. The molecule has 0 aliphatic rings. The largest absolute Gasteiger partial charge is 0.325 e. The van der Waals surface area contributed by atoms with Crippen LogP contribution in [0.15, 0.2) is 48.8 Å². The van der Waals surface area contributed by atoms with E-state index in [0.29, 0.717) is 6.04 Å². The van der Waals surface area contributed by atoms with E-state index in [2.05, 4.69) is 23.4 Å². The van der Waals surface area contributed by atoms with Crippen LogP contribution in [0.2, 0.25) is 0 Å². The fraction of sp³-hybridized carbons (Fsp3) is 0.333. The van der Waals surface area contributed by atoms with Crippen molar-refractivity contribution < 1.29 is 4.39 Å². The van der Waals surface area contributed by atoms with E-state index in [1.54, 1.807) is 24.5 Å². The molecule has 0 amide bonds. The molecule has 1 aromatic carbocycles. The first-order valence-corrected chi connectivity index (χ1v) is 8.87. The van der Waals surface area contributed by atoms with Crippen LogP contribution in [0.4, 0.5) is 4.39 Å². The van der Waals surface area contributed by atoms with Crippen LogP contribution in [-0.2, 0) is 0 Å². The number of nitrogens with zero attached hydrogens (tertiary/aromatic N) is 3. The molecule has 132 valence electrons. The number of aromatic nitrogens is 3. The Hall–Kier alpha value is -2.49. The maximum absolute atomic E-state index is 13.3. The third-order valence-corrected chi connectivity index (χ3v) is 4.19. The molecule has 3 aromatic rings.